The minimum absolute atomic E-state index is 0.310. The minimum atomic E-state index is -0.363. The van der Waals surface area contributed by atoms with Gasteiger partial charge in [-0.25, -0.2) is 9.37 Å². The molecule has 3 heterocycles. The van der Waals surface area contributed by atoms with E-state index in [1.54, 1.807) is 30.5 Å². The van der Waals surface area contributed by atoms with E-state index in [1.165, 1.54) is 11.8 Å². The van der Waals surface area contributed by atoms with Crippen molar-refractivity contribution < 1.29 is 4.39 Å². The number of nitrogen functional groups attached to an aromatic ring is 1. The number of aromatic nitrogens is 3. The van der Waals surface area contributed by atoms with Gasteiger partial charge < -0.3 is 21.3 Å². The maximum atomic E-state index is 14.4. The Bertz CT molecular complexity index is 1220. The molecule has 2 aromatic carbocycles. The maximum absolute atomic E-state index is 14.4. The van der Waals surface area contributed by atoms with Crippen LogP contribution < -0.4 is 21.3 Å². The molecule has 0 aliphatic carbocycles. The van der Waals surface area contributed by atoms with Crippen molar-refractivity contribution in [1.29, 1.82) is 0 Å². The molecule has 0 unspecified atom stereocenters. The minimum Gasteiger partial charge on any atom is -0.383 e. The molecule has 4 N–H and O–H groups in total. The normalized spacial score (nSPS) is 14.0. The topological polar surface area (TPSA) is 92.0 Å². The number of hydrogen-bond donors (Lipinski definition) is 3. The van der Waals surface area contributed by atoms with Crippen LogP contribution in [0.5, 0.6) is 0 Å². The smallest absolute Gasteiger partial charge is 0.229 e. The molecule has 0 spiro atoms. The van der Waals surface area contributed by atoms with E-state index in [2.05, 4.69) is 42.6 Å². The third-order valence-electron chi connectivity index (χ3n) is 5.38. The number of piperazine rings is 1. The predicted molar refractivity (Wildman–Crippen MR) is 122 cm³/mol. The van der Waals surface area contributed by atoms with E-state index in [0.29, 0.717) is 33.9 Å². The molecule has 0 amide bonds. The summed E-state index contributed by atoms with van der Waals surface area (Å²) in [5.41, 5.74) is 9.52. The molecular formula is C23H22FN7. The Kier molecular flexibility index (Phi) is 5.05. The summed E-state index contributed by atoms with van der Waals surface area (Å²) in [5, 5.41) is 7.20. The fourth-order valence-electron chi connectivity index (χ4n) is 3.79. The molecule has 31 heavy (non-hydrogen) atoms. The van der Waals surface area contributed by atoms with Crippen molar-refractivity contribution in [3.63, 3.8) is 0 Å². The fraction of sp³-hybridized carbons (Fsp3) is 0.174. The van der Waals surface area contributed by atoms with Crippen molar-refractivity contribution >= 4 is 34.0 Å². The molecular weight excluding hydrogens is 393 g/mol. The average molecular weight is 415 g/mol. The summed E-state index contributed by atoms with van der Waals surface area (Å²) >= 11 is 0. The van der Waals surface area contributed by atoms with Gasteiger partial charge >= 0.3 is 0 Å². The van der Waals surface area contributed by atoms with Crippen LogP contribution in [0.2, 0.25) is 0 Å². The Balaban J connectivity index is 1.48. The van der Waals surface area contributed by atoms with Crippen LogP contribution in [0.25, 0.3) is 22.2 Å². The van der Waals surface area contributed by atoms with Gasteiger partial charge in [-0.15, -0.1) is 0 Å². The molecule has 4 aromatic rings. The Labute approximate surface area is 179 Å². The molecule has 1 fully saturated rings. The molecule has 0 atom stereocenters. The van der Waals surface area contributed by atoms with Gasteiger partial charge in [0.15, 0.2) is 0 Å². The number of nitrogens with zero attached hydrogens (tertiary/aromatic N) is 4. The highest BCUT2D eigenvalue weighted by molar-refractivity contribution is 5.97. The number of pyridine rings is 1. The number of anilines is 4. The van der Waals surface area contributed by atoms with E-state index in [0.717, 1.165) is 31.9 Å². The average Bonchev–Trinajstić information content (AvgIpc) is 2.80. The zero-order valence-corrected chi connectivity index (χ0v) is 16.8. The number of nitrogens with two attached hydrogens (primary N) is 1. The predicted octanol–water partition coefficient (Wildman–Crippen LogP) is 3.57. The molecule has 7 nitrogen and oxygen atoms in total. The molecule has 2 aromatic heterocycles. The summed E-state index contributed by atoms with van der Waals surface area (Å²) in [6.07, 6.45) is 1.59. The van der Waals surface area contributed by atoms with Crippen molar-refractivity contribution in [2.24, 2.45) is 0 Å². The summed E-state index contributed by atoms with van der Waals surface area (Å²) < 4.78 is 14.4. The second-order valence-electron chi connectivity index (χ2n) is 7.38. The van der Waals surface area contributed by atoms with Crippen LogP contribution >= 0.6 is 0 Å². The molecule has 1 saturated heterocycles. The molecule has 1 aliphatic heterocycles. The first-order valence-corrected chi connectivity index (χ1v) is 10.2. The Hall–Kier alpha value is -3.78. The summed E-state index contributed by atoms with van der Waals surface area (Å²) in [6.45, 7) is 3.96. The van der Waals surface area contributed by atoms with Crippen molar-refractivity contribution in [3.8, 4) is 11.3 Å². The molecule has 156 valence electrons. The van der Waals surface area contributed by atoms with E-state index in [4.69, 9.17) is 5.73 Å². The van der Waals surface area contributed by atoms with Crippen LogP contribution in [0, 0.1) is 5.82 Å². The largest absolute Gasteiger partial charge is 0.383 e. The Morgan fingerprint density at radius 1 is 0.968 bits per heavy atom. The third-order valence-corrected chi connectivity index (χ3v) is 5.38. The van der Waals surface area contributed by atoms with E-state index in [1.807, 2.05) is 12.1 Å². The van der Waals surface area contributed by atoms with Gasteiger partial charge in [0.05, 0.1) is 5.69 Å². The molecule has 0 saturated carbocycles. The Morgan fingerprint density at radius 3 is 2.52 bits per heavy atom. The number of rotatable bonds is 4. The lowest BCUT2D eigenvalue weighted by Crippen LogP contribution is -2.43. The highest BCUT2D eigenvalue weighted by Gasteiger charge is 2.15. The van der Waals surface area contributed by atoms with Gasteiger partial charge in [0.1, 0.15) is 17.2 Å². The molecule has 0 radical (unpaired) electrons. The van der Waals surface area contributed by atoms with Crippen LogP contribution in [0.3, 0.4) is 0 Å². The van der Waals surface area contributed by atoms with Gasteiger partial charge in [0.25, 0.3) is 0 Å². The van der Waals surface area contributed by atoms with Gasteiger partial charge in [0, 0.05) is 54.7 Å². The van der Waals surface area contributed by atoms with E-state index < -0.39 is 0 Å². The van der Waals surface area contributed by atoms with Crippen molar-refractivity contribution in [2.75, 3.05) is 42.1 Å². The summed E-state index contributed by atoms with van der Waals surface area (Å²) in [7, 11) is 0. The SMILES string of the molecule is Nc1nc(Nc2ccc(N3CCNCC3)cc2)nc2c(-c3ccccc3F)nccc12. The van der Waals surface area contributed by atoms with Crippen LogP contribution in [-0.4, -0.2) is 41.1 Å². The summed E-state index contributed by atoms with van der Waals surface area (Å²) in [4.78, 5) is 15.7. The molecule has 1 aliphatic rings. The highest BCUT2D eigenvalue weighted by Crippen LogP contribution is 2.30. The first-order chi connectivity index (χ1) is 15.2. The van der Waals surface area contributed by atoms with Crippen molar-refractivity contribution in [3.05, 3.63) is 66.6 Å². The lowest BCUT2D eigenvalue weighted by molar-refractivity contribution is 0.589. The number of fused-ring (bicyclic) bond motifs is 1. The third kappa shape index (κ3) is 3.85. The first-order valence-electron chi connectivity index (χ1n) is 10.2. The van der Waals surface area contributed by atoms with Gasteiger partial charge in [-0.3, -0.25) is 4.98 Å². The molecule has 5 rings (SSSR count). The zero-order valence-electron chi connectivity index (χ0n) is 16.8. The van der Waals surface area contributed by atoms with Crippen molar-refractivity contribution in [1.82, 2.24) is 20.3 Å². The van der Waals surface area contributed by atoms with Gasteiger partial charge in [0.2, 0.25) is 5.95 Å². The van der Waals surface area contributed by atoms with Gasteiger partial charge in [-0.1, -0.05) is 12.1 Å². The fourth-order valence-corrected chi connectivity index (χ4v) is 3.79. The number of nitrogens with one attached hydrogen (secondary N) is 2. The lowest BCUT2D eigenvalue weighted by atomic mass is 10.1. The van der Waals surface area contributed by atoms with Crippen molar-refractivity contribution in [2.45, 2.75) is 0 Å². The zero-order chi connectivity index (χ0) is 21.2. The standard InChI is InChI=1S/C23H22FN7/c24-19-4-2-1-3-17(19)20-21-18(9-10-27-20)22(25)30-23(29-21)28-15-5-7-16(8-6-15)31-13-11-26-12-14-31/h1-10,26H,11-14H2,(H3,25,28,29,30). The number of hydrogen-bond acceptors (Lipinski definition) is 7. The number of halogens is 1. The molecule has 8 heteroatoms. The van der Waals surface area contributed by atoms with Crippen LogP contribution in [0.15, 0.2) is 60.8 Å². The van der Waals surface area contributed by atoms with E-state index in [9.17, 15) is 4.39 Å². The van der Waals surface area contributed by atoms with Gasteiger partial charge in [-0.2, -0.15) is 4.98 Å². The maximum Gasteiger partial charge on any atom is 0.229 e. The number of benzene rings is 2. The summed E-state index contributed by atoms with van der Waals surface area (Å²) in [5.74, 6) is 0.285. The van der Waals surface area contributed by atoms with Gasteiger partial charge in [-0.05, 0) is 42.5 Å². The van der Waals surface area contributed by atoms with Crippen LogP contribution in [0.1, 0.15) is 0 Å². The van der Waals surface area contributed by atoms with E-state index >= 15 is 0 Å². The van der Waals surface area contributed by atoms with Crippen LogP contribution in [0.4, 0.5) is 27.5 Å². The second-order valence-corrected chi connectivity index (χ2v) is 7.38. The quantitative estimate of drug-likeness (QED) is 0.469. The second kappa shape index (κ2) is 8.16. The van der Waals surface area contributed by atoms with Crippen LogP contribution in [-0.2, 0) is 0 Å². The highest BCUT2D eigenvalue weighted by atomic mass is 19.1. The van der Waals surface area contributed by atoms with E-state index in [-0.39, 0.29) is 5.82 Å². The molecule has 0 bridgehead atoms. The Morgan fingerprint density at radius 2 is 1.74 bits per heavy atom. The monoisotopic (exact) mass is 415 g/mol. The lowest BCUT2D eigenvalue weighted by Gasteiger charge is -2.29. The first kappa shape index (κ1) is 19.2. The summed E-state index contributed by atoms with van der Waals surface area (Å²) in [6, 6.07) is 16.4.